The molecule has 1 aliphatic heterocycles. The molecule has 2 aliphatic rings. The molecule has 0 aromatic carbocycles. The van der Waals surface area contributed by atoms with Crippen molar-refractivity contribution < 1.29 is 4.79 Å². The van der Waals surface area contributed by atoms with E-state index in [0.717, 1.165) is 25.9 Å². The summed E-state index contributed by atoms with van der Waals surface area (Å²) < 4.78 is 0. The van der Waals surface area contributed by atoms with Gasteiger partial charge in [-0.25, -0.2) is 5.84 Å². The number of nitrogens with zero attached hydrogens (tertiary/aromatic N) is 1. The molecule has 0 radical (unpaired) electrons. The van der Waals surface area contributed by atoms with E-state index in [9.17, 15) is 4.79 Å². The summed E-state index contributed by atoms with van der Waals surface area (Å²) >= 11 is 0. The third kappa shape index (κ3) is 2.47. The molecule has 4 nitrogen and oxygen atoms in total. The van der Waals surface area contributed by atoms with Crippen LogP contribution in [-0.2, 0) is 4.79 Å². The zero-order valence-corrected chi connectivity index (χ0v) is 10.9. The average Bonchev–Trinajstić information content (AvgIpc) is 2.40. The van der Waals surface area contributed by atoms with Gasteiger partial charge in [0.1, 0.15) is 0 Å². The lowest BCUT2D eigenvalue weighted by Crippen LogP contribution is -2.53. The number of hydrogen-bond donors (Lipinski definition) is 2. The van der Waals surface area contributed by atoms with Crippen LogP contribution in [0.5, 0.6) is 0 Å². The van der Waals surface area contributed by atoms with Gasteiger partial charge in [-0.2, -0.15) is 0 Å². The topological polar surface area (TPSA) is 58.4 Å². The molecule has 17 heavy (non-hydrogen) atoms. The Morgan fingerprint density at radius 3 is 2.35 bits per heavy atom. The highest BCUT2D eigenvalue weighted by atomic mass is 16.2. The normalized spacial score (nSPS) is 26.7. The van der Waals surface area contributed by atoms with E-state index < -0.39 is 0 Å². The van der Waals surface area contributed by atoms with Gasteiger partial charge in [-0.15, -0.1) is 0 Å². The van der Waals surface area contributed by atoms with E-state index in [0.29, 0.717) is 5.92 Å². The zero-order valence-electron chi connectivity index (χ0n) is 10.9. The van der Waals surface area contributed by atoms with Crippen molar-refractivity contribution in [1.82, 2.24) is 10.3 Å². The second kappa shape index (κ2) is 5.36. The summed E-state index contributed by atoms with van der Waals surface area (Å²) in [6.45, 7) is 2.04. The largest absolute Gasteiger partial charge is 0.306 e. The van der Waals surface area contributed by atoms with Crippen LogP contribution in [0.3, 0.4) is 0 Å². The predicted octanol–water partition coefficient (Wildman–Crippen LogP) is 1.27. The molecule has 1 amide bonds. The van der Waals surface area contributed by atoms with Gasteiger partial charge in [-0.1, -0.05) is 19.3 Å². The van der Waals surface area contributed by atoms with E-state index >= 15 is 0 Å². The molecule has 0 bridgehead atoms. The van der Waals surface area contributed by atoms with Crippen molar-refractivity contribution in [2.75, 3.05) is 20.1 Å². The van der Waals surface area contributed by atoms with Gasteiger partial charge in [0, 0.05) is 0 Å². The highest BCUT2D eigenvalue weighted by Gasteiger charge is 2.46. The first kappa shape index (κ1) is 12.8. The summed E-state index contributed by atoms with van der Waals surface area (Å²) in [6, 6.07) is 0. The van der Waals surface area contributed by atoms with Crippen LogP contribution in [-0.4, -0.2) is 30.9 Å². The number of rotatable bonds is 2. The highest BCUT2D eigenvalue weighted by molar-refractivity contribution is 5.82. The Hall–Kier alpha value is -0.610. The molecule has 1 saturated heterocycles. The van der Waals surface area contributed by atoms with Crippen LogP contribution >= 0.6 is 0 Å². The predicted molar refractivity (Wildman–Crippen MR) is 68.1 cm³/mol. The van der Waals surface area contributed by atoms with Crippen LogP contribution in [0.2, 0.25) is 0 Å². The number of hydrazine groups is 1. The molecule has 2 rings (SSSR count). The fraction of sp³-hybridized carbons (Fsp3) is 0.923. The summed E-state index contributed by atoms with van der Waals surface area (Å²) in [4.78, 5) is 14.6. The van der Waals surface area contributed by atoms with E-state index in [-0.39, 0.29) is 11.3 Å². The minimum Gasteiger partial charge on any atom is -0.306 e. The number of nitrogens with one attached hydrogen (secondary N) is 1. The maximum Gasteiger partial charge on any atom is 0.240 e. The van der Waals surface area contributed by atoms with Crippen molar-refractivity contribution in [3.05, 3.63) is 0 Å². The fourth-order valence-electron chi connectivity index (χ4n) is 3.64. The summed E-state index contributed by atoms with van der Waals surface area (Å²) in [6.07, 6.45) is 8.24. The first-order valence-electron chi connectivity index (χ1n) is 6.88. The number of likely N-dealkylation sites (tertiary alicyclic amines) is 1. The number of nitrogens with two attached hydrogens (primary N) is 1. The van der Waals surface area contributed by atoms with Gasteiger partial charge in [0.05, 0.1) is 5.41 Å². The molecule has 0 aromatic rings. The SMILES string of the molecule is CN1CCC(C(=O)NN)(C2CCCCC2)CC1. The van der Waals surface area contributed by atoms with Gasteiger partial charge in [-0.3, -0.25) is 10.2 Å². The van der Waals surface area contributed by atoms with Crippen LogP contribution in [0.1, 0.15) is 44.9 Å². The van der Waals surface area contributed by atoms with Crippen LogP contribution in [0.4, 0.5) is 0 Å². The van der Waals surface area contributed by atoms with Crippen LogP contribution in [0, 0.1) is 11.3 Å². The van der Waals surface area contributed by atoms with Crippen molar-refractivity contribution in [3.8, 4) is 0 Å². The monoisotopic (exact) mass is 239 g/mol. The van der Waals surface area contributed by atoms with Gasteiger partial charge in [-0.05, 0) is 51.7 Å². The molecule has 98 valence electrons. The zero-order chi connectivity index (χ0) is 12.3. The van der Waals surface area contributed by atoms with Gasteiger partial charge in [0.2, 0.25) is 5.91 Å². The quantitative estimate of drug-likeness (QED) is 0.433. The molecule has 3 N–H and O–H groups in total. The first-order chi connectivity index (χ1) is 8.19. The van der Waals surface area contributed by atoms with Gasteiger partial charge in [0.25, 0.3) is 0 Å². The number of amides is 1. The molecule has 0 spiro atoms. The summed E-state index contributed by atoms with van der Waals surface area (Å²) in [5.41, 5.74) is 2.25. The Kier molecular flexibility index (Phi) is 4.05. The molecule has 0 aromatic heterocycles. The van der Waals surface area contributed by atoms with Crippen molar-refractivity contribution in [2.24, 2.45) is 17.2 Å². The second-order valence-corrected chi connectivity index (χ2v) is 5.77. The number of piperidine rings is 1. The summed E-state index contributed by atoms with van der Waals surface area (Å²) in [5.74, 6) is 6.05. The highest BCUT2D eigenvalue weighted by Crippen LogP contribution is 2.45. The number of hydrogen-bond acceptors (Lipinski definition) is 3. The lowest BCUT2D eigenvalue weighted by atomic mass is 9.63. The van der Waals surface area contributed by atoms with E-state index in [4.69, 9.17) is 5.84 Å². The third-order valence-corrected chi connectivity index (χ3v) is 4.85. The second-order valence-electron chi connectivity index (χ2n) is 5.77. The molecule has 1 heterocycles. The maximum atomic E-state index is 12.2. The number of carbonyl (C=O) groups is 1. The Balaban J connectivity index is 2.14. The van der Waals surface area contributed by atoms with Crippen molar-refractivity contribution in [1.29, 1.82) is 0 Å². The van der Waals surface area contributed by atoms with Crippen molar-refractivity contribution >= 4 is 5.91 Å². The van der Waals surface area contributed by atoms with Crippen molar-refractivity contribution in [3.63, 3.8) is 0 Å². The van der Waals surface area contributed by atoms with Gasteiger partial charge >= 0.3 is 0 Å². The Morgan fingerprint density at radius 2 is 1.82 bits per heavy atom. The lowest BCUT2D eigenvalue weighted by molar-refractivity contribution is -0.139. The fourth-order valence-corrected chi connectivity index (χ4v) is 3.64. The molecule has 0 atom stereocenters. The first-order valence-corrected chi connectivity index (χ1v) is 6.88. The average molecular weight is 239 g/mol. The number of carbonyl (C=O) groups excluding carboxylic acids is 1. The molecule has 0 unspecified atom stereocenters. The molecule has 2 fully saturated rings. The van der Waals surface area contributed by atoms with Crippen LogP contribution in [0.25, 0.3) is 0 Å². The van der Waals surface area contributed by atoms with Gasteiger partial charge in [0.15, 0.2) is 0 Å². The van der Waals surface area contributed by atoms with E-state index in [1.54, 1.807) is 0 Å². The Morgan fingerprint density at radius 1 is 1.24 bits per heavy atom. The van der Waals surface area contributed by atoms with E-state index in [1.165, 1.54) is 32.1 Å². The molecule has 4 heteroatoms. The van der Waals surface area contributed by atoms with Crippen molar-refractivity contribution in [2.45, 2.75) is 44.9 Å². The van der Waals surface area contributed by atoms with E-state index in [1.807, 2.05) is 0 Å². The minimum absolute atomic E-state index is 0.0810. The Bertz CT molecular complexity index is 266. The standard InChI is InChI=1S/C13H25N3O/c1-16-9-7-13(8-10-16,12(17)15-14)11-5-3-2-4-6-11/h11H,2-10,14H2,1H3,(H,15,17). The van der Waals surface area contributed by atoms with E-state index in [2.05, 4.69) is 17.4 Å². The lowest BCUT2D eigenvalue weighted by Gasteiger charge is -2.45. The molecular formula is C13H25N3O. The van der Waals surface area contributed by atoms with Gasteiger partial charge < -0.3 is 4.90 Å². The van der Waals surface area contributed by atoms with Crippen LogP contribution in [0.15, 0.2) is 0 Å². The third-order valence-electron chi connectivity index (χ3n) is 4.85. The smallest absolute Gasteiger partial charge is 0.240 e. The maximum absolute atomic E-state index is 12.2. The Labute approximate surface area is 104 Å². The summed E-state index contributed by atoms with van der Waals surface area (Å²) in [5, 5.41) is 0. The molecule has 1 aliphatic carbocycles. The molecule has 1 saturated carbocycles. The molecular weight excluding hydrogens is 214 g/mol. The summed E-state index contributed by atoms with van der Waals surface area (Å²) in [7, 11) is 2.13. The van der Waals surface area contributed by atoms with Crippen LogP contribution < -0.4 is 11.3 Å². The minimum atomic E-state index is -0.179.